The van der Waals surface area contributed by atoms with E-state index >= 15 is 0 Å². The zero-order valence-corrected chi connectivity index (χ0v) is 20.2. The molecule has 3 aromatic carbocycles. The quantitative estimate of drug-likeness (QED) is 0.501. The van der Waals surface area contributed by atoms with Crippen LogP contribution in [0.4, 0.5) is 0 Å². The summed E-state index contributed by atoms with van der Waals surface area (Å²) in [6.07, 6.45) is 1.58. The summed E-state index contributed by atoms with van der Waals surface area (Å²) in [5.74, 6) is -0.257. The van der Waals surface area contributed by atoms with E-state index in [0.29, 0.717) is 25.9 Å². The summed E-state index contributed by atoms with van der Waals surface area (Å²) in [5.41, 5.74) is 3.32. The summed E-state index contributed by atoms with van der Waals surface area (Å²) in [4.78, 5) is 15.0. The summed E-state index contributed by atoms with van der Waals surface area (Å²) >= 11 is 12.3. The van der Waals surface area contributed by atoms with Gasteiger partial charge in [0, 0.05) is 13.1 Å². The second kappa shape index (κ2) is 10.3. The Morgan fingerprint density at radius 3 is 2.24 bits per heavy atom. The van der Waals surface area contributed by atoms with Gasteiger partial charge in [-0.2, -0.15) is 4.72 Å². The van der Waals surface area contributed by atoms with Crippen LogP contribution in [0.15, 0.2) is 77.7 Å². The number of benzene rings is 3. The summed E-state index contributed by atoms with van der Waals surface area (Å²) < 4.78 is 29.1. The Bertz CT molecular complexity index is 1230. The van der Waals surface area contributed by atoms with Crippen LogP contribution in [-0.2, 0) is 34.2 Å². The third-order valence-corrected chi connectivity index (χ3v) is 8.22. The van der Waals surface area contributed by atoms with Gasteiger partial charge in [0.1, 0.15) is 10.9 Å². The third-order valence-electron chi connectivity index (χ3n) is 5.79. The second-order valence-electron chi connectivity index (χ2n) is 8.03. The van der Waals surface area contributed by atoms with Gasteiger partial charge in [0.15, 0.2) is 0 Å². The lowest BCUT2D eigenvalue weighted by molar-refractivity contribution is -0.134. The first-order valence-electron chi connectivity index (χ1n) is 10.7. The van der Waals surface area contributed by atoms with Gasteiger partial charge in [-0.05, 0) is 48.1 Å². The SMILES string of the molecule is O=C([C@@H](CCc1ccccc1)NS(=O)(=O)c1c(Cl)cccc1Cl)N1CCc2ccccc2C1. The zero-order valence-electron chi connectivity index (χ0n) is 17.9. The first-order chi connectivity index (χ1) is 15.8. The van der Waals surface area contributed by atoms with Crippen LogP contribution < -0.4 is 4.72 Å². The maximum atomic E-state index is 13.5. The normalized spacial score (nSPS) is 14.5. The molecular weight excluding hydrogens is 479 g/mol. The molecule has 1 atom stereocenters. The average Bonchev–Trinajstić information content (AvgIpc) is 2.81. The van der Waals surface area contributed by atoms with Crippen molar-refractivity contribution in [2.45, 2.75) is 36.7 Å². The fourth-order valence-corrected chi connectivity index (χ4v) is 6.45. The predicted molar refractivity (Wildman–Crippen MR) is 131 cm³/mol. The number of nitrogens with one attached hydrogen (secondary N) is 1. The van der Waals surface area contributed by atoms with Crippen molar-refractivity contribution in [1.29, 1.82) is 0 Å². The molecule has 172 valence electrons. The highest BCUT2D eigenvalue weighted by molar-refractivity contribution is 7.89. The first kappa shape index (κ1) is 23.8. The third kappa shape index (κ3) is 5.58. The van der Waals surface area contributed by atoms with Crippen LogP contribution >= 0.6 is 23.2 Å². The number of halogens is 2. The Morgan fingerprint density at radius 2 is 1.55 bits per heavy atom. The molecule has 1 aliphatic rings. The summed E-state index contributed by atoms with van der Waals surface area (Å²) in [5, 5.41) is 0.0207. The van der Waals surface area contributed by atoms with Gasteiger partial charge in [-0.25, -0.2) is 8.42 Å². The van der Waals surface area contributed by atoms with Crippen molar-refractivity contribution < 1.29 is 13.2 Å². The number of rotatable bonds is 7. The smallest absolute Gasteiger partial charge is 0.244 e. The molecule has 4 rings (SSSR count). The van der Waals surface area contributed by atoms with Crippen LogP contribution in [0.3, 0.4) is 0 Å². The zero-order chi connectivity index (χ0) is 23.4. The van der Waals surface area contributed by atoms with Crippen molar-refractivity contribution in [1.82, 2.24) is 9.62 Å². The topological polar surface area (TPSA) is 66.5 Å². The number of aryl methyl sites for hydroxylation is 1. The molecule has 1 N–H and O–H groups in total. The molecule has 0 aliphatic carbocycles. The number of hydrogen-bond donors (Lipinski definition) is 1. The lowest BCUT2D eigenvalue weighted by atomic mass is 9.98. The van der Waals surface area contributed by atoms with Crippen molar-refractivity contribution in [3.63, 3.8) is 0 Å². The van der Waals surface area contributed by atoms with E-state index in [4.69, 9.17) is 23.2 Å². The molecule has 33 heavy (non-hydrogen) atoms. The van der Waals surface area contributed by atoms with E-state index in [-0.39, 0.29) is 20.8 Å². The molecule has 3 aromatic rings. The summed E-state index contributed by atoms with van der Waals surface area (Å²) in [6, 6.07) is 21.2. The minimum absolute atomic E-state index is 0.0103. The predicted octanol–water partition coefficient (Wildman–Crippen LogP) is 4.86. The number of sulfonamides is 1. The number of fused-ring (bicyclic) bond motifs is 1. The Kier molecular flexibility index (Phi) is 7.39. The molecule has 0 bridgehead atoms. The second-order valence-corrected chi connectivity index (χ2v) is 10.5. The van der Waals surface area contributed by atoms with Crippen molar-refractivity contribution >= 4 is 39.1 Å². The highest BCUT2D eigenvalue weighted by atomic mass is 35.5. The molecule has 0 spiro atoms. The van der Waals surface area contributed by atoms with Crippen molar-refractivity contribution in [3.8, 4) is 0 Å². The Morgan fingerprint density at radius 1 is 0.909 bits per heavy atom. The van der Waals surface area contributed by atoms with Gasteiger partial charge >= 0.3 is 0 Å². The Labute approximate surface area is 204 Å². The van der Waals surface area contributed by atoms with E-state index in [0.717, 1.165) is 17.5 Å². The standard InChI is InChI=1S/C25H24Cl2N2O3S/c26-21-11-6-12-22(27)24(21)33(31,32)28-23(14-13-18-7-2-1-3-8-18)25(30)29-16-15-19-9-4-5-10-20(19)17-29/h1-12,23,28H,13-17H2/t23-/m1/s1. The Balaban J connectivity index is 1.60. The number of carbonyl (C=O) groups is 1. The van der Waals surface area contributed by atoms with Gasteiger partial charge in [0.2, 0.25) is 15.9 Å². The molecule has 8 heteroatoms. The van der Waals surface area contributed by atoms with Crippen molar-refractivity contribution in [3.05, 3.63) is 99.5 Å². The number of amides is 1. The maximum absolute atomic E-state index is 13.5. The van der Waals surface area contributed by atoms with Crippen LogP contribution in [0, 0.1) is 0 Å². The number of carbonyl (C=O) groups excluding carboxylic acids is 1. The van der Waals surface area contributed by atoms with Crippen molar-refractivity contribution in [2.24, 2.45) is 0 Å². The Hall–Kier alpha value is -2.38. The lowest BCUT2D eigenvalue weighted by Crippen LogP contribution is -2.50. The van der Waals surface area contributed by atoms with Crippen molar-refractivity contribution in [2.75, 3.05) is 6.54 Å². The molecule has 0 fully saturated rings. The molecule has 1 aliphatic heterocycles. The highest BCUT2D eigenvalue weighted by Crippen LogP contribution is 2.29. The molecular formula is C25H24Cl2N2O3S. The fraction of sp³-hybridized carbons (Fsp3) is 0.240. The first-order valence-corrected chi connectivity index (χ1v) is 12.9. The van der Waals surface area contributed by atoms with Gasteiger partial charge in [0.25, 0.3) is 0 Å². The van der Waals surface area contributed by atoms with E-state index < -0.39 is 16.1 Å². The van der Waals surface area contributed by atoms with Crippen LogP contribution in [0.2, 0.25) is 10.0 Å². The molecule has 0 saturated heterocycles. The minimum atomic E-state index is -4.13. The molecule has 0 aromatic heterocycles. The largest absolute Gasteiger partial charge is 0.337 e. The van der Waals surface area contributed by atoms with Crippen LogP contribution in [0.25, 0.3) is 0 Å². The monoisotopic (exact) mass is 502 g/mol. The van der Waals surface area contributed by atoms with E-state index in [1.165, 1.54) is 17.7 Å². The molecule has 1 heterocycles. The van der Waals surface area contributed by atoms with Gasteiger partial charge < -0.3 is 4.90 Å². The number of nitrogens with zero attached hydrogens (tertiary/aromatic N) is 1. The van der Waals surface area contributed by atoms with E-state index in [2.05, 4.69) is 10.8 Å². The van der Waals surface area contributed by atoms with E-state index in [9.17, 15) is 13.2 Å². The number of hydrogen-bond acceptors (Lipinski definition) is 3. The van der Waals surface area contributed by atoms with Gasteiger partial charge in [-0.15, -0.1) is 0 Å². The van der Waals surface area contributed by atoms with Gasteiger partial charge in [-0.3, -0.25) is 4.79 Å². The summed E-state index contributed by atoms with van der Waals surface area (Å²) in [6.45, 7) is 0.984. The molecule has 0 radical (unpaired) electrons. The summed E-state index contributed by atoms with van der Waals surface area (Å²) in [7, 11) is -4.13. The maximum Gasteiger partial charge on any atom is 0.244 e. The lowest BCUT2D eigenvalue weighted by Gasteiger charge is -2.32. The average molecular weight is 503 g/mol. The van der Waals surface area contributed by atoms with E-state index in [1.807, 2.05) is 48.5 Å². The van der Waals surface area contributed by atoms with E-state index in [1.54, 1.807) is 11.0 Å². The molecule has 5 nitrogen and oxygen atoms in total. The van der Waals surface area contributed by atoms with Crippen LogP contribution in [-0.4, -0.2) is 31.8 Å². The van der Waals surface area contributed by atoms with Gasteiger partial charge in [0.05, 0.1) is 10.0 Å². The van der Waals surface area contributed by atoms with Crippen LogP contribution in [0.1, 0.15) is 23.1 Å². The molecule has 0 saturated carbocycles. The van der Waals surface area contributed by atoms with Gasteiger partial charge in [-0.1, -0.05) is 83.9 Å². The highest BCUT2D eigenvalue weighted by Gasteiger charge is 2.32. The molecule has 1 amide bonds. The molecule has 0 unspecified atom stereocenters. The minimum Gasteiger partial charge on any atom is -0.337 e. The fourth-order valence-electron chi connectivity index (χ4n) is 4.08. The van der Waals surface area contributed by atoms with Crippen LogP contribution in [0.5, 0.6) is 0 Å².